The van der Waals surface area contributed by atoms with Crippen molar-refractivity contribution in [2.24, 2.45) is 5.92 Å². The molecule has 0 bridgehead atoms. The predicted octanol–water partition coefficient (Wildman–Crippen LogP) is 0.0349. The average molecular weight is 209 g/mol. The Morgan fingerprint density at radius 3 is 2.15 bits per heavy atom. The molecular weight excluding hydrogens is 194 g/mol. The maximum atomic E-state index is 11.2. The van der Waals surface area contributed by atoms with Gasteiger partial charge in [-0.15, -0.1) is 0 Å². The Morgan fingerprint density at radius 2 is 1.85 bits per heavy atom. The molecule has 0 saturated heterocycles. The van der Waals surface area contributed by atoms with Crippen molar-refractivity contribution in [2.75, 3.05) is 6.54 Å². The van der Waals surface area contributed by atoms with Gasteiger partial charge in [0.25, 0.3) is 0 Å². The highest BCUT2D eigenvalue weighted by atomic mass is 32.2. The Labute approximate surface area is 78.2 Å². The van der Waals surface area contributed by atoms with Gasteiger partial charge in [0.1, 0.15) is 0 Å². The quantitative estimate of drug-likeness (QED) is 0.669. The number of nitrogens with one attached hydrogen (secondary N) is 1. The fraction of sp³-hybridized carbons (Fsp3) is 0.857. The number of rotatable bonds is 5. The highest BCUT2D eigenvalue weighted by Gasteiger charge is 2.18. The van der Waals surface area contributed by atoms with Crippen LogP contribution in [0.25, 0.3) is 0 Å². The minimum Gasteiger partial charge on any atom is -0.481 e. The fourth-order valence-electron chi connectivity index (χ4n) is 0.495. The smallest absolute Gasteiger partial charge is 0.307 e. The van der Waals surface area contributed by atoms with E-state index in [-0.39, 0.29) is 6.54 Å². The molecule has 0 spiro atoms. The first-order chi connectivity index (χ1) is 5.77. The van der Waals surface area contributed by atoms with E-state index in [1.165, 1.54) is 20.8 Å². The minimum atomic E-state index is -3.34. The van der Waals surface area contributed by atoms with Gasteiger partial charge in [-0.2, -0.15) is 0 Å². The van der Waals surface area contributed by atoms with E-state index in [9.17, 15) is 13.2 Å². The van der Waals surface area contributed by atoms with E-state index >= 15 is 0 Å². The second kappa shape index (κ2) is 4.57. The van der Waals surface area contributed by atoms with Gasteiger partial charge in [0, 0.05) is 6.54 Å². The molecular formula is C7H15NO4S. The summed E-state index contributed by atoms with van der Waals surface area (Å²) in [5.41, 5.74) is 0. The monoisotopic (exact) mass is 209 g/mol. The summed E-state index contributed by atoms with van der Waals surface area (Å²) in [6.45, 7) is 4.46. The van der Waals surface area contributed by atoms with E-state index < -0.39 is 27.2 Å². The van der Waals surface area contributed by atoms with Crippen LogP contribution >= 0.6 is 0 Å². The van der Waals surface area contributed by atoms with Crippen LogP contribution in [0.2, 0.25) is 0 Å². The molecule has 13 heavy (non-hydrogen) atoms. The summed E-state index contributed by atoms with van der Waals surface area (Å²) in [6.07, 6.45) is 0. The lowest BCUT2D eigenvalue weighted by Crippen LogP contribution is -2.35. The summed E-state index contributed by atoms with van der Waals surface area (Å²) in [4.78, 5) is 10.4. The van der Waals surface area contributed by atoms with Gasteiger partial charge in [0.05, 0.1) is 11.2 Å². The average Bonchev–Trinajstić information content (AvgIpc) is 1.99. The molecule has 0 aromatic heterocycles. The van der Waals surface area contributed by atoms with Crippen LogP contribution in [0.4, 0.5) is 0 Å². The van der Waals surface area contributed by atoms with Crippen molar-refractivity contribution in [3.63, 3.8) is 0 Å². The number of hydrogen-bond acceptors (Lipinski definition) is 3. The van der Waals surface area contributed by atoms with Crippen LogP contribution < -0.4 is 4.72 Å². The van der Waals surface area contributed by atoms with E-state index in [2.05, 4.69) is 4.72 Å². The summed E-state index contributed by atoms with van der Waals surface area (Å²) in [5.74, 6) is -1.71. The molecule has 0 aliphatic carbocycles. The zero-order valence-corrected chi connectivity index (χ0v) is 8.76. The van der Waals surface area contributed by atoms with Gasteiger partial charge in [0.15, 0.2) is 0 Å². The number of carbonyl (C=O) groups is 1. The Morgan fingerprint density at radius 1 is 1.38 bits per heavy atom. The molecule has 0 amide bonds. The first-order valence-electron chi connectivity index (χ1n) is 3.98. The van der Waals surface area contributed by atoms with Gasteiger partial charge in [0.2, 0.25) is 10.0 Å². The molecule has 1 unspecified atom stereocenters. The standard InChI is InChI=1S/C7H15NO4S/c1-5(2)13(11,12)8-4-6(3)7(9)10/h5-6,8H,4H2,1-3H3,(H,9,10). The molecule has 0 aromatic rings. The van der Waals surface area contributed by atoms with E-state index in [4.69, 9.17) is 5.11 Å². The van der Waals surface area contributed by atoms with Crippen molar-refractivity contribution >= 4 is 16.0 Å². The van der Waals surface area contributed by atoms with Crippen molar-refractivity contribution in [1.29, 1.82) is 0 Å². The van der Waals surface area contributed by atoms with Crippen LogP contribution in [-0.4, -0.2) is 31.3 Å². The third-order valence-corrected chi connectivity index (χ3v) is 3.44. The third-order valence-electron chi connectivity index (χ3n) is 1.63. The van der Waals surface area contributed by atoms with Gasteiger partial charge in [-0.05, 0) is 13.8 Å². The molecule has 0 saturated carbocycles. The molecule has 0 rings (SSSR count). The van der Waals surface area contributed by atoms with Gasteiger partial charge in [-0.3, -0.25) is 4.79 Å². The van der Waals surface area contributed by atoms with Crippen molar-refractivity contribution < 1.29 is 18.3 Å². The minimum absolute atomic E-state index is 0.0597. The Bertz CT molecular complexity index is 270. The second-order valence-electron chi connectivity index (χ2n) is 3.18. The fourth-order valence-corrected chi connectivity index (χ4v) is 1.31. The van der Waals surface area contributed by atoms with Crippen molar-refractivity contribution in [2.45, 2.75) is 26.0 Å². The molecule has 78 valence electrons. The summed E-state index contributed by atoms with van der Waals surface area (Å²) in [6, 6.07) is 0. The number of hydrogen-bond donors (Lipinski definition) is 2. The van der Waals surface area contributed by atoms with Gasteiger partial charge in [-0.1, -0.05) is 6.92 Å². The molecule has 5 nitrogen and oxygen atoms in total. The molecule has 6 heteroatoms. The predicted molar refractivity (Wildman–Crippen MR) is 48.9 cm³/mol. The third kappa shape index (κ3) is 4.23. The molecule has 0 radical (unpaired) electrons. The summed E-state index contributed by atoms with van der Waals surface area (Å²) < 4.78 is 24.5. The maximum Gasteiger partial charge on any atom is 0.307 e. The summed E-state index contributed by atoms with van der Waals surface area (Å²) in [7, 11) is -3.34. The molecule has 0 aromatic carbocycles. The number of carboxylic acids is 1. The van der Waals surface area contributed by atoms with Crippen LogP contribution in [0, 0.1) is 5.92 Å². The Kier molecular flexibility index (Phi) is 4.35. The Balaban J connectivity index is 4.11. The van der Waals surface area contributed by atoms with Crippen molar-refractivity contribution in [3.8, 4) is 0 Å². The SMILES string of the molecule is CC(CNS(=O)(=O)C(C)C)C(=O)O. The molecule has 0 fully saturated rings. The lowest BCUT2D eigenvalue weighted by molar-refractivity contribution is -0.140. The Hall–Kier alpha value is -0.620. The van der Waals surface area contributed by atoms with Crippen LogP contribution in [-0.2, 0) is 14.8 Å². The van der Waals surface area contributed by atoms with E-state index in [0.717, 1.165) is 0 Å². The van der Waals surface area contributed by atoms with Gasteiger partial charge < -0.3 is 5.11 Å². The van der Waals surface area contributed by atoms with Crippen LogP contribution in [0.15, 0.2) is 0 Å². The van der Waals surface area contributed by atoms with Gasteiger partial charge in [-0.25, -0.2) is 13.1 Å². The van der Waals surface area contributed by atoms with Gasteiger partial charge >= 0.3 is 5.97 Å². The zero-order valence-electron chi connectivity index (χ0n) is 7.94. The molecule has 0 aliphatic heterocycles. The van der Waals surface area contributed by atoms with Crippen molar-refractivity contribution in [1.82, 2.24) is 4.72 Å². The van der Waals surface area contributed by atoms with Crippen LogP contribution in [0.5, 0.6) is 0 Å². The van der Waals surface area contributed by atoms with Crippen LogP contribution in [0.1, 0.15) is 20.8 Å². The number of sulfonamides is 1. The first-order valence-corrected chi connectivity index (χ1v) is 5.53. The molecule has 0 aliphatic rings. The van der Waals surface area contributed by atoms with Crippen LogP contribution in [0.3, 0.4) is 0 Å². The van der Waals surface area contributed by atoms with E-state index in [1.807, 2.05) is 0 Å². The van der Waals surface area contributed by atoms with E-state index in [1.54, 1.807) is 0 Å². The summed E-state index contributed by atoms with van der Waals surface area (Å²) in [5, 5.41) is 7.95. The molecule has 2 N–H and O–H groups in total. The first kappa shape index (κ1) is 12.4. The zero-order chi connectivity index (χ0) is 10.6. The molecule has 0 heterocycles. The normalized spacial score (nSPS) is 14.5. The number of aliphatic carboxylic acids is 1. The lowest BCUT2D eigenvalue weighted by atomic mass is 10.2. The molecule has 1 atom stereocenters. The lowest BCUT2D eigenvalue weighted by Gasteiger charge is -2.11. The van der Waals surface area contributed by atoms with Crippen molar-refractivity contribution in [3.05, 3.63) is 0 Å². The maximum absolute atomic E-state index is 11.2. The topological polar surface area (TPSA) is 83.5 Å². The highest BCUT2D eigenvalue weighted by Crippen LogP contribution is 1.98. The summed E-state index contributed by atoms with van der Waals surface area (Å²) >= 11 is 0. The van der Waals surface area contributed by atoms with E-state index in [0.29, 0.717) is 0 Å². The highest BCUT2D eigenvalue weighted by molar-refractivity contribution is 7.90. The largest absolute Gasteiger partial charge is 0.481 e. The number of carboxylic acid groups (broad SMARTS) is 1. The second-order valence-corrected chi connectivity index (χ2v) is 5.50.